The summed E-state index contributed by atoms with van der Waals surface area (Å²) in [6.07, 6.45) is 7.48. The van der Waals surface area contributed by atoms with Crippen molar-refractivity contribution in [1.82, 2.24) is 9.88 Å². The van der Waals surface area contributed by atoms with Crippen molar-refractivity contribution in [1.29, 1.82) is 0 Å². The van der Waals surface area contributed by atoms with E-state index in [1.807, 2.05) is 11.3 Å². The number of fused-ring (bicyclic) bond motifs is 3. The van der Waals surface area contributed by atoms with Crippen molar-refractivity contribution in [2.75, 3.05) is 19.6 Å². The zero-order valence-electron chi connectivity index (χ0n) is 13.9. The third-order valence-electron chi connectivity index (χ3n) is 5.84. The maximum absolute atomic E-state index is 4.85. The zero-order chi connectivity index (χ0) is 16.0. The molecule has 2 aliphatic heterocycles. The van der Waals surface area contributed by atoms with Crippen molar-refractivity contribution in [3.63, 3.8) is 0 Å². The highest BCUT2D eigenvalue weighted by atomic mass is 32.1. The second-order valence-electron chi connectivity index (χ2n) is 7.34. The molecule has 5 rings (SSSR count). The first-order chi connectivity index (χ1) is 11.8. The first kappa shape index (κ1) is 14.6. The highest BCUT2D eigenvalue weighted by Crippen LogP contribution is 2.41. The molecule has 3 aromatic rings. The summed E-state index contributed by atoms with van der Waals surface area (Å²) >= 11 is 1.84. The van der Waals surface area contributed by atoms with E-state index in [1.54, 1.807) is 0 Å². The Balaban J connectivity index is 1.48. The molecule has 0 saturated carbocycles. The second kappa shape index (κ2) is 5.68. The summed E-state index contributed by atoms with van der Waals surface area (Å²) in [7, 11) is 0. The Morgan fingerprint density at radius 1 is 1.00 bits per heavy atom. The van der Waals surface area contributed by atoms with Gasteiger partial charge in [0, 0.05) is 22.9 Å². The first-order valence-corrected chi connectivity index (χ1v) is 9.82. The van der Waals surface area contributed by atoms with Crippen molar-refractivity contribution in [2.24, 2.45) is 0 Å². The molecule has 0 unspecified atom stereocenters. The van der Waals surface area contributed by atoms with Crippen LogP contribution in [0.25, 0.3) is 20.7 Å². The van der Waals surface area contributed by atoms with Crippen molar-refractivity contribution >= 4 is 21.4 Å². The Kier molecular flexibility index (Phi) is 3.46. The molecule has 0 radical (unpaired) electrons. The van der Waals surface area contributed by atoms with Gasteiger partial charge in [0.25, 0.3) is 0 Å². The number of thiophene rings is 1. The lowest BCUT2D eigenvalue weighted by Gasteiger charge is -2.47. The molecule has 0 N–H and O–H groups in total. The highest BCUT2D eigenvalue weighted by Gasteiger charge is 2.39. The monoisotopic (exact) mass is 334 g/mol. The van der Waals surface area contributed by atoms with Crippen LogP contribution < -0.4 is 0 Å². The SMILES string of the molecule is c1ccc2sc(-c3ccc(C45CCCN(CCC4)C5)cn3)cc2c1. The molecule has 0 amide bonds. The third-order valence-corrected chi connectivity index (χ3v) is 6.98. The third kappa shape index (κ3) is 2.38. The van der Waals surface area contributed by atoms with Crippen LogP contribution in [0.4, 0.5) is 0 Å². The standard InChI is InChI=1S/C21H22N2S/c1-2-6-19-16(5-1)13-20(24-19)18-8-7-17(14-22-18)21-9-3-11-23(15-21)12-4-10-21/h1-2,5-8,13-14H,3-4,9-12,15H2. The van der Waals surface area contributed by atoms with Crippen LogP contribution in [0.1, 0.15) is 31.2 Å². The Bertz CT molecular complexity index is 822. The second-order valence-corrected chi connectivity index (χ2v) is 8.43. The summed E-state index contributed by atoms with van der Waals surface area (Å²) < 4.78 is 1.34. The van der Waals surface area contributed by atoms with E-state index in [0.717, 1.165) is 5.69 Å². The highest BCUT2D eigenvalue weighted by molar-refractivity contribution is 7.22. The van der Waals surface area contributed by atoms with Gasteiger partial charge in [-0.15, -0.1) is 11.3 Å². The molecule has 24 heavy (non-hydrogen) atoms. The van der Waals surface area contributed by atoms with E-state index in [4.69, 9.17) is 4.98 Å². The zero-order valence-corrected chi connectivity index (χ0v) is 14.7. The topological polar surface area (TPSA) is 16.1 Å². The van der Waals surface area contributed by atoms with Gasteiger partial charge in [0.15, 0.2) is 0 Å². The van der Waals surface area contributed by atoms with E-state index >= 15 is 0 Å². The van der Waals surface area contributed by atoms with Gasteiger partial charge in [-0.25, -0.2) is 0 Å². The van der Waals surface area contributed by atoms with Crippen molar-refractivity contribution in [2.45, 2.75) is 31.1 Å². The van der Waals surface area contributed by atoms with Gasteiger partial charge in [-0.2, -0.15) is 0 Å². The van der Waals surface area contributed by atoms with Crippen LogP contribution in [0.5, 0.6) is 0 Å². The molecule has 2 nitrogen and oxygen atoms in total. The molecule has 2 bridgehead atoms. The fraction of sp³-hybridized carbons (Fsp3) is 0.381. The van der Waals surface area contributed by atoms with Crippen LogP contribution in [0.3, 0.4) is 0 Å². The summed E-state index contributed by atoms with van der Waals surface area (Å²) in [5, 5.41) is 1.32. The van der Waals surface area contributed by atoms with Crippen LogP contribution in [0, 0.1) is 0 Å². The Hall–Kier alpha value is -1.71. The van der Waals surface area contributed by atoms with E-state index in [1.165, 1.54) is 65.8 Å². The Labute approximate surface area is 147 Å². The Morgan fingerprint density at radius 3 is 2.58 bits per heavy atom. The minimum Gasteiger partial charge on any atom is -0.302 e. The summed E-state index contributed by atoms with van der Waals surface area (Å²) in [5.74, 6) is 0. The number of hydrogen-bond acceptors (Lipinski definition) is 3. The van der Waals surface area contributed by atoms with Gasteiger partial charge in [-0.3, -0.25) is 4.98 Å². The Morgan fingerprint density at radius 2 is 1.83 bits per heavy atom. The first-order valence-electron chi connectivity index (χ1n) is 9.00. The van der Waals surface area contributed by atoms with E-state index in [0.29, 0.717) is 5.41 Å². The summed E-state index contributed by atoms with van der Waals surface area (Å²) in [6.45, 7) is 3.81. The molecular formula is C21H22N2S. The maximum Gasteiger partial charge on any atom is 0.0802 e. The summed E-state index contributed by atoms with van der Waals surface area (Å²) in [6, 6.07) is 15.4. The molecule has 122 valence electrons. The number of benzene rings is 1. The predicted octanol–water partition coefficient (Wildman–Crippen LogP) is 5.09. The fourth-order valence-electron chi connectivity index (χ4n) is 4.60. The smallest absolute Gasteiger partial charge is 0.0802 e. The van der Waals surface area contributed by atoms with Gasteiger partial charge < -0.3 is 4.90 Å². The molecule has 3 heteroatoms. The van der Waals surface area contributed by atoms with Gasteiger partial charge >= 0.3 is 0 Å². The van der Waals surface area contributed by atoms with Gasteiger partial charge in [0.1, 0.15) is 0 Å². The molecule has 0 atom stereocenters. The lowest BCUT2D eigenvalue weighted by atomic mass is 9.69. The lowest BCUT2D eigenvalue weighted by Crippen LogP contribution is -2.50. The largest absolute Gasteiger partial charge is 0.302 e. The molecule has 1 aromatic carbocycles. The van der Waals surface area contributed by atoms with Crippen molar-refractivity contribution < 1.29 is 0 Å². The van der Waals surface area contributed by atoms with E-state index in [9.17, 15) is 0 Å². The molecule has 0 spiro atoms. The molecule has 4 heterocycles. The summed E-state index contributed by atoms with van der Waals surface area (Å²) in [4.78, 5) is 8.77. The van der Waals surface area contributed by atoms with E-state index < -0.39 is 0 Å². The van der Waals surface area contributed by atoms with Gasteiger partial charge in [0.2, 0.25) is 0 Å². The van der Waals surface area contributed by atoms with E-state index in [2.05, 4.69) is 53.6 Å². The van der Waals surface area contributed by atoms with E-state index in [-0.39, 0.29) is 0 Å². The van der Waals surface area contributed by atoms with Gasteiger partial charge in [-0.1, -0.05) is 24.3 Å². The molecule has 2 saturated heterocycles. The van der Waals surface area contributed by atoms with Crippen molar-refractivity contribution in [3.05, 3.63) is 54.2 Å². The number of nitrogens with zero attached hydrogens (tertiary/aromatic N) is 2. The van der Waals surface area contributed by atoms with Gasteiger partial charge in [-0.05, 0) is 67.9 Å². The molecule has 2 fully saturated rings. The normalized spacial score (nSPS) is 26.6. The average molecular weight is 334 g/mol. The maximum atomic E-state index is 4.85. The quantitative estimate of drug-likeness (QED) is 0.649. The number of hydrogen-bond donors (Lipinski definition) is 0. The van der Waals surface area contributed by atoms with Crippen LogP contribution in [-0.2, 0) is 5.41 Å². The predicted molar refractivity (Wildman–Crippen MR) is 102 cm³/mol. The molecule has 0 aliphatic carbocycles. The minimum absolute atomic E-state index is 0.363. The van der Waals surface area contributed by atoms with Crippen molar-refractivity contribution in [3.8, 4) is 10.6 Å². The van der Waals surface area contributed by atoms with Crippen LogP contribution >= 0.6 is 11.3 Å². The number of pyridine rings is 1. The average Bonchev–Trinajstić information content (AvgIpc) is 3.06. The summed E-state index contributed by atoms with van der Waals surface area (Å²) in [5.41, 5.74) is 2.93. The van der Waals surface area contributed by atoms with Gasteiger partial charge in [0.05, 0.1) is 10.6 Å². The molecule has 2 aromatic heterocycles. The number of aromatic nitrogens is 1. The number of piperidine rings is 2. The van der Waals surface area contributed by atoms with Crippen LogP contribution in [-0.4, -0.2) is 29.5 Å². The lowest BCUT2D eigenvalue weighted by molar-refractivity contribution is 0.0941. The fourth-order valence-corrected chi connectivity index (χ4v) is 5.64. The molecular weight excluding hydrogens is 312 g/mol. The minimum atomic E-state index is 0.363. The van der Waals surface area contributed by atoms with Crippen LogP contribution in [0.2, 0.25) is 0 Å². The number of rotatable bonds is 2. The molecule has 2 aliphatic rings. The van der Waals surface area contributed by atoms with Crippen LogP contribution in [0.15, 0.2) is 48.7 Å².